The molecule has 0 bridgehead atoms. The molecule has 2 aliphatic carbocycles. The van der Waals surface area contributed by atoms with Gasteiger partial charge >= 0.3 is 17.1 Å². The Labute approximate surface area is 109 Å². The molecule has 0 saturated heterocycles. The van der Waals surface area contributed by atoms with Crippen molar-refractivity contribution in [1.29, 1.82) is 0 Å². The second kappa shape index (κ2) is 9.69. The van der Waals surface area contributed by atoms with Crippen molar-refractivity contribution in [1.82, 2.24) is 0 Å². The van der Waals surface area contributed by atoms with E-state index in [0.717, 1.165) is 0 Å². The largest absolute Gasteiger partial charge is 2.00 e. The third kappa shape index (κ3) is 6.60. The Morgan fingerprint density at radius 1 is 0.933 bits per heavy atom. The van der Waals surface area contributed by atoms with Gasteiger partial charge in [-0.15, -0.1) is 11.6 Å². The van der Waals surface area contributed by atoms with Crippen LogP contribution in [0, 0.1) is 63.7 Å². The number of Topliss-reactive ketones (excluding diaryl/α,β-unsaturated/α-hetero) is 1. The van der Waals surface area contributed by atoms with Gasteiger partial charge in [-0.1, -0.05) is 0 Å². The van der Waals surface area contributed by atoms with Crippen LogP contribution in [0.5, 0.6) is 0 Å². The van der Waals surface area contributed by atoms with Crippen LogP contribution in [-0.4, -0.2) is 11.7 Å². The normalized spacial score (nSPS) is 20.3. The molecule has 0 aromatic heterocycles. The van der Waals surface area contributed by atoms with Crippen molar-refractivity contribution < 1.29 is 21.9 Å². The zero-order valence-corrected chi connectivity index (χ0v) is 9.90. The van der Waals surface area contributed by atoms with Crippen LogP contribution < -0.4 is 0 Å². The first kappa shape index (κ1) is 15.5. The third-order valence-electron chi connectivity index (χ3n) is 1.66. The molecule has 10 radical (unpaired) electrons. The Morgan fingerprint density at radius 2 is 1.33 bits per heavy atom. The maximum atomic E-state index is 10.7. The number of hydrogen-bond donors (Lipinski definition) is 0. The van der Waals surface area contributed by atoms with Crippen LogP contribution in [0.2, 0.25) is 0 Å². The quantitative estimate of drug-likeness (QED) is 0.551. The second-order valence-corrected chi connectivity index (χ2v) is 2.96. The van der Waals surface area contributed by atoms with E-state index in [4.69, 9.17) is 11.6 Å². The molecule has 0 aliphatic heterocycles. The van der Waals surface area contributed by atoms with E-state index in [0.29, 0.717) is 5.92 Å². The van der Waals surface area contributed by atoms with E-state index in [9.17, 15) is 4.79 Å². The van der Waals surface area contributed by atoms with Crippen molar-refractivity contribution in [3.05, 3.63) is 63.7 Å². The summed E-state index contributed by atoms with van der Waals surface area (Å²) in [5.41, 5.74) is 0. The second-order valence-electron chi connectivity index (χ2n) is 2.69. The number of ketones is 1. The Morgan fingerprint density at radius 3 is 1.67 bits per heavy atom. The fourth-order valence-corrected chi connectivity index (χ4v) is 1.11. The molecule has 0 spiro atoms. The average molecular weight is 263 g/mol. The van der Waals surface area contributed by atoms with Crippen LogP contribution in [-0.2, 0) is 21.9 Å². The number of alkyl halides is 1. The van der Waals surface area contributed by atoms with E-state index in [1.807, 2.05) is 44.9 Å². The topological polar surface area (TPSA) is 17.1 Å². The van der Waals surface area contributed by atoms with Gasteiger partial charge in [0.15, 0.2) is 5.78 Å². The van der Waals surface area contributed by atoms with Crippen LogP contribution in [0.25, 0.3) is 0 Å². The fourth-order valence-electron chi connectivity index (χ4n) is 0.958. The minimum Gasteiger partial charge on any atom is -0.298 e. The molecule has 0 unspecified atom stereocenters. The van der Waals surface area contributed by atoms with E-state index in [1.54, 1.807) is 12.8 Å². The van der Waals surface area contributed by atoms with Crippen molar-refractivity contribution in [2.24, 2.45) is 0 Å². The summed E-state index contributed by atoms with van der Waals surface area (Å²) in [4.78, 5) is 10.7. The van der Waals surface area contributed by atoms with Gasteiger partial charge < -0.3 is 0 Å². The molecule has 15 heavy (non-hydrogen) atoms. The van der Waals surface area contributed by atoms with Gasteiger partial charge in [0.2, 0.25) is 0 Å². The Balaban J connectivity index is 0.000000280. The Hall–Kier alpha value is 0.479. The average Bonchev–Trinajstić information content (AvgIpc) is 2.91. The van der Waals surface area contributed by atoms with Crippen LogP contribution >= 0.6 is 11.6 Å². The van der Waals surface area contributed by atoms with Gasteiger partial charge in [-0.2, -0.15) is 0 Å². The van der Waals surface area contributed by atoms with Gasteiger partial charge in [-0.25, -0.2) is 0 Å². The van der Waals surface area contributed by atoms with Crippen molar-refractivity contribution in [3.8, 4) is 0 Å². The zero-order chi connectivity index (χ0) is 10.2. The monoisotopic (exact) mass is 262 g/mol. The molecule has 2 saturated carbocycles. The van der Waals surface area contributed by atoms with E-state index in [-0.39, 0.29) is 28.7 Å². The standard InChI is InChI=1S/C7H6ClO.C5H5.Fe/c8-5-7(9)6-3-1-2-4-6;1-2-4-5-3-1;/h1-4H,5H2;1-5H;/q;;+2. The van der Waals surface area contributed by atoms with Crippen LogP contribution in [0.1, 0.15) is 0 Å². The van der Waals surface area contributed by atoms with E-state index in [2.05, 4.69) is 0 Å². The van der Waals surface area contributed by atoms with Gasteiger partial charge in [0.1, 0.15) is 0 Å². The maximum absolute atomic E-state index is 10.7. The van der Waals surface area contributed by atoms with Gasteiger partial charge in [-0.3, -0.25) is 4.79 Å². The number of hydrogen-bond acceptors (Lipinski definition) is 1. The van der Waals surface area contributed by atoms with Crippen molar-refractivity contribution in [2.45, 2.75) is 0 Å². The first-order valence-electron chi connectivity index (χ1n) is 4.32. The predicted molar refractivity (Wildman–Crippen MR) is 57.7 cm³/mol. The molecular formula is C12H11ClFeO+2. The van der Waals surface area contributed by atoms with E-state index in [1.165, 1.54) is 0 Å². The molecule has 0 heterocycles. The molecule has 2 fully saturated rings. The Kier molecular flexibility index (Phi) is 10.00. The summed E-state index contributed by atoms with van der Waals surface area (Å²) in [6, 6.07) is 0. The SMILES string of the molecule is O=C(CCl)[C]1[CH][CH][CH][CH]1.[CH]1[CH][CH][CH][CH]1.[Fe+2]. The predicted octanol–water partition coefficient (Wildman–Crippen LogP) is 2.22. The van der Waals surface area contributed by atoms with E-state index >= 15 is 0 Å². The first-order valence-corrected chi connectivity index (χ1v) is 4.85. The van der Waals surface area contributed by atoms with Crippen LogP contribution in [0.3, 0.4) is 0 Å². The van der Waals surface area contributed by atoms with Gasteiger partial charge in [0, 0.05) is 0 Å². The first-order chi connectivity index (χ1) is 6.84. The summed E-state index contributed by atoms with van der Waals surface area (Å²) in [5, 5.41) is 0. The molecule has 2 rings (SSSR count). The fraction of sp³-hybridized carbons (Fsp3) is 0.0833. The smallest absolute Gasteiger partial charge is 0.298 e. The Bertz CT molecular complexity index is 155. The van der Waals surface area contributed by atoms with Crippen LogP contribution in [0.4, 0.5) is 0 Å². The van der Waals surface area contributed by atoms with Gasteiger partial charge in [0.05, 0.1) is 11.8 Å². The molecule has 1 nitrogen and oxygen atoms in total. The molecule has 0 aromatic rings. The summed E-state index contributed by atoms with van der Waals surface area (Å²) in [7, 11) is 0. The summed E-state index contributed by atoms with van der Waals surface area (Å²) in [6.45, 7) is 0. The summed E-state index contributed by atoms with van der Waals surface area (Å²) < 4.78 is 0. The number of carbonyl (C=O) groups is 1. The van der Waals surface area contributed by atoms with Gasteiger partial charge in [-0.05, 0) is 57.8 Å². The molecule has 0 amide bonds. The van der Waals surface area contributed by atoms with Crippen molar-refractivity contribution >= 4 is 17.4 Å². The summed E-state index contributed by atoms with van der Waals surface area (Å²) in [5.74, 6) is 0.760. The molecule has 0 N–H and O–H groups in total. The minimum atomic E-state index is -0.0123. The number of carbonyl (C=O) groups excluding carboxylic acids is 1. The molecule has 2 aliphatic rings. The molecule has 0 atom stereocenters. The summed E-state index contributed by atoms with van der Waals surface area (Å²) in [6.07, 6.45) is 17.1. The molecule has 3 heteroatoms. The van der Waals surface area contributed by atoms with Crippen molar-refractivity contribution in [2.75, 3.05) is 5.88 Å². The van der Waals surface area contributed by atoms with Crippen molar-refractivity contribution in [3.63, 3.8) is 0 Å². The van der Waals surface area contributed by atoms with E-state index < -0.39 is 0 Å². The molecule has 0 aromatic carbocycles. The minimum absolute atomic E-state index is 0. The third-order valence-corrected chi connectivity index (χ3v) is 1.90. The number of halogens is 1. The summed E-state index contributed by atoms with van der Waals surface area (Å²) >= 11 is 5.29. The van der Waals surface area contributed by atoms with Crippen LogP contribution in [0.15, 0.2) is 0 Å². The maximum Gasteiger partial charge on any atom is 2.00 e. The molecule has 78 valence electrons. The number of rotatable bonds is 2. The zero-order valence-electron chi connectivity index (χ0n) is 8.04. The van der Waals surface area contributed by atoms with Gasteiger partial charge in [0.25, 0.3) is 0 Å². The molecular weight excluding hydrogens is 251 g/mol.